The Kier molecular flexibility index (Phi) is 5.02. The fourth-order valence-electron chi connectivity index (χ4n) is 2.92. The van der Waals surface area contributed by atoms with E-state index in [-0.39, 0.29) is 11.1 Å². The molecule has 0 saturated carbocycles. The number of nitrogens with zero attached hydrogens (tertiary/aromatic N) is 1. The number of methoxy groups -OCH3 is 2. The Morgan fingerprint density at radius 2 is 1.38 bits per heavy atom. The van der Waals surface area contributed by atoms with Crippen molar-refractivity contribution in [2.24, 2.45) is 0 Å². The van der Waals surface area contributed by atoms with Crippen LogP contribution in [0.4, 0.5) is 0 Å². The van der Waals surface area contributed by atoms with Gasteiger partial charge in [-0.25, -0.2) is 9.59 Å². The topological polar surface area (TPSA) is 65.5 Å². The second-order valence-electron chi connectivity index (χ2n) is 5.71. The molecule has 0 bridgehead atoms. The molecule has 2 aromatic rings. The first-order valence-corrected chi connectivity index (χ1v) is 7.57. The van der Waals surface area contributed by atoms with Gasteiger partial charge in [0.05, 0.1) is 36.7 Å². The van der Waals surface area contributed by atoms with Crippen molar-refractivity contribution >= 4 is 11.9 Å². The van der Waals surface area contributed by atoms with Crippen LogP contribution in [0.2, 0.25) is 0 Å². The number of benzene rings is 1. The molecule has 126 valence electrons. The molecule has 0 saturated heterocycles. The first kappa shape index (κ1) is 17.7. The molecule has 0 atom stereocenters. The van der Waals surface area contributed by atoms with E-state index >= 15 is 0 Å². The molecule has 5 nitrogen and oxygen atoms in total. The molecule has 0 amide bonds. The Bertz CT molecular complexity index is 784. The minimum Gasteiger partial charge on any atom is -0.465 e. The summed E-state index contributed by atoms with van der Waals surface area (Å²) in [7, 11) is 2.62. The van der Waals surface area contributed by atoms with Gasteiger partial charge in [0.15, 0.2) is 0 Å². The fraction of sp³-hybridized carbons (Fsp3) is 0.316. The second-order valence-corrected chi connectivity index (χ2v) is 5.71. The number of hydrogen-bond acceptors (Lipinski definition) is 5. The molecule has 5 heteroatoms. The third-order valence-electron chi connectivity index (χ3n) is 3.99. The smallest absolute Gasteiger partial charge is 0.340 e. The highest BCUT2D eigenvalue weighted by Crippen LogP contribution is 2.34. The van der Waals surface area contributed by atoms with Gasteiger partial charge in [0.2, 0.25) is 0 Å². The highest BCUT2D eigenvalue weighted by atomic mass is 16.5. The Morgan fingerprint density at radius 3 is 1.79 bits per heavy atom. The number of rotatable bonds is 3. The van der Waals surface area contributed by atoms with Crippen LogP contribution >= 0.6 is 0 Å². The van der Waals surface area contributed by atoms with Crippen LogP contribution in [0.5, 0.6) is 0 Å². The fourth-order valence-corrected chi connectivity index (χ4v) is 2.92. The lowest BCUT2D eigenvalue weighted by Gasteiger charge is -2.18. The van der Waals surface area contributed by atoms with E-state index in [1.807, 2.05) is 32.0 Å². The minimum absolute atomic E-state index is 0.287. The maximum atomic E-state index is 12.4. The summed E-state index contributed by atoms with van der Waals surface area (Å²) in [5.41, 5.74) is 4.95. The first-order chi connectivity index (χ1) is 11.3. The highest BCUT2D eigenvalue weighted by Gasteiger charge is 2.27. The van der Waals surface area contributed by atoms with E-state index < -0.39 is 11.9 Å². The Balaban J connectivity index is 2.97. The van der Waals surface area contributed by atoms with Crippen molar-refractivity contribution in [3.8, 4) is 11.1 Å². The normalized spacial score (nSPS) is 10.4. The number of carbonyl (C=O) groups excluding carboxylic acids is 2. The van der Waals surface area contributed by atoms with Crippen LogP contribution in [0.3, 0.4) is 0 Å². The lowest BCUT2D eigenvalue weighted by Crippen LogP contribution is -2.16. The van der Waals surface area contributed by atoms with E-state index in [9.17, 15) is 9.59 Å². The Morgan fingerprint density at radius 1 is 0.875 bits per heavy atom. The Hall–Kier alpha value is -2.69. The minimum atomic E-state index is -0.528. The number of pyridine rings is 1. The third-order valence-corrected chi connectivity index (χ3v) is 3.99. The molecule has 0 radical (unpaired) electrons. The zero-order chi connectivity index (χ0) is 18.0. The molecule has 0 N–H and O–H groups in total. The molecule has 0 aliphatic heterocycles. The number of aryl methyl sites for hydroxylation is 4. The van der Waals surface area contributed by atoms with Gasteiger partial charge in [0.1, 0.15) is 0 Å². The molecule has 0 unspecified atom stereocenters. The van der Waals surface area contributed by atoms with Gasteiger partial charge in [0.25, 0.3) is 0 Å². The summed E-state index contributed by atoms with van der Waals surface area (Å²) in [5.74, 6) is -1.06. The van der Waals surface area contributed by atoms with Crippen LogP contribution < -0.4 is 0 Å². The molecule has 24 heavy (non-hydrogen) atoms. The summed E-state index contributed by atoms with van der Waals surface area (Å²) in [5, 5.41) is 0. The largest absolute Gasteiger partial charge is 0.465 e. The molecular weight excluding hydrogens is 306 g/mol. The number of aromatic nitrogens is 1. The van der Waals surface area contributed by atoms with Crippen molar-refractivity contribution in [1.29, 1.82) is 0 Å². The maximum Gasteiger partial charge on any atom is 0.340 e. The van der Waals surface area contributed by atoms with Crippen molar-refractivity contribution in [3.05, 3.63) is 51.8 Å². The highest BCUT2D eigenvalue weighted by molar-refractivity contribution is 6.07. The van der Waals surface area contributed by atoms with Gasteiger partial charge >= 0.3 is 11.9 Å². The van der Waals surface area contributed by atoms with E-state index in [2.05, 4.69) is 4.98 Å². The zero-order valence-electron chi connectivity index (χ0n) is 14.8. The van der Waals surface area contributed by atoms with Crippen LogP contribution in [0, 0.1) is 27.7 Å². The maximum absolute atomic E-state index is 12.4. The Labute approximate surface area is 141 Å². The summed E-state index contributed by atoms with van der Waals surface area (Å²) < 4.78 is 9.84. The van der Waals surface area contributed by atoms with Crippen LogP contribution in [-0.4, -0.2) is 31.1 Å². The summed E-state index contributed by atoms with van der Waals surface area (Å²) in [6.07, 6.45) is 0. The van der Waals surface area contributed by atoms with E-state index in [0.29, 0.717) is 17.0 Å². The van der Waals surface area contributed by atoms with Crippen LogP contribution in [0.15, 0.2) is 18.2 Å². The first-order valence-electron chi connectivity index (χ1n) is 7.57. The van der Waals surface area contributed by atoms with Crippen LogP contribution in [0.1, 0.15) is 43.2 Å². The van der Waals surface area contributed by atoms with Gasteiger partial charge in [0, 0.05) is 5.56 Å². The summed E-state index contributed by atoms with van der Waals surface area (Å²) in [6, 6.07) is 5.84. The van der Waals surface area contributed by atoms with E-state index in [1.165, 1.54) is 14.2 Å². The number of esters is 2. The number of ether oxygens (including phenoxy) is 2. The van der Waals surface area contributed by atoms with Crippen molar-refractivity contribution in [1.82, 2.24) is 4.98 Å². The molecule has 0 fully saturated rings. The second kappa shape index (κ2) is 6.83. The van der Waals surface area contributed by atoms with Crippen LogP contribution in [0.25, 0.3) is 11.1 Å². The van der Waals surface area contributed by atoms with Crippen molar-refractivity contribution in [3.63, 3.8) is 0 Å². The third kappa shape index (κ3) is 3.02. The van der Waals surface area contributed by atoms with E-state index in [1.54, 1.807) is 13.8 Å². The molecule has 1 heterocycles. The molecule has 1 aromatic heterocycles. The SMILES string of the molecule is COC(=O)c1c(C)nc(C)c(C(=O)OC)c1-c1ccc(C)cc1C. The summed E-state index contributed by atoms with van der Waals surface area (Å²) >= 11 is 0. The number of hydrogen-bond donors (Lipinski definition) is 0. The lowest BCUT2D eigenvalue weighted by atomic mass is 9.89. The molecule has 2 rings (SSSR count). The molecule has 0 aliphatic carbocycles. The van der Waals surface area contributed by atoms with Crippen molar-refractivity contribution < 1.29 is 19.1 Å². The zero-order valence-corrected chi connectivity index (χ0v) is 14.8. The summed E-state index contributed by atoms with van der Waals surface area (Å²) in [6.45, 7) is 7.39. The van der Waals surface area contributed by atoms with Crippen LogP contribution in [-0.2, 0) is 9.47 Å². The van der Waals surface area contributed by atoms with Gasteiger partial charge in [-0.05, 0) is 38.8 Å². The number of carbonyl (C=O) groups is 2. The standard InChI is InChI=1S/C19H21NO4/c1-10-7-8-14(11(2)9-10)17-15(18(21)23-5)12(3)20-13(4)16(17)19(22)24-6/h7-9H,1-6H3. The van der Waals surface area contributed by atoms with Gasteiger partial charge in [-0.2, -0.15) is 0 Å². The lowest BCUT2D eigenvalue weighted by molar-refractivity contribution is 0.0599. The average Bonchev–Trinajstić information content (AvgIpc) is 2.53. The molecule has 1 aromatic carbocycles. The van der Waals surface area contributed by atoms with Gasteiger partial charge in [-0.3, -0.25) is 4.98 Å². The van der Waals surface area contributed by atoms with Gasteiger partial charge in [-0.1, -0.05) is 23.8 Å². The molecule has 0 spiro atoms. The average molecular weight is 327 g/mol. The predicted molar refractivity (Wildman–Crippen MR) is 91.3 cm³/mol. The van der Waals surface area contributed by atoms with Gasteiger partial charge < -0.3 is 9.47 Å². The van der Waals surface area contributed by atoms with Crippen molar-refractivity contribution in [2.45, 2.75) is 27.7 Å². The quantitative estimate of drug-likeness (QED) is 0.807. The molecular formula is C19H21NO4. The van der Waals surface area contributed by atoms with E-state index in [0.717, 1.165) is 16.7 Å². The van der Waals surface area contributed by atoms with Crippen molar-refractivity contribution in [2.75, 3.05) is 14.2 Å². The van der Waals surface area contributed by atoms with E-state index in [4.69, 9.17) is 9.47 Å². The van der Waals surface area contributed by atoms with Gasteiger partial charge in [-0.15, -0.1) is 0 Å². The molecule has 0 aliphatic rings. The summed E-state index contributed by atoms with van der Waals surface area (Å²) in [4.78, 5) is 29.1. The monoisotopic (exact) mass is 327 g/mol. The predicted octanol–water partition coefficient (Wildman–Crippen LogP) is 3.56.